The Bertz CT molecular complexity index is 711. The van der Waals surface area contributed by atoms with Gasteiger partial charge in [0.05, 0.1) is 19.0 Å². The monoisotopic (exact) mass is 262 g/mol. The molecule has 0 fully saturated rings. The fourth-order valence-corrected chi connectivity index (χ4v) is 2.08. The minimum absolute atomic E-state index is 0.834. The van der Waals surface area contributed by atoms with Crippen molar-refractivity contribution in [2.45, 2.75) is 0 Å². The largest absolute Gasteiger partial charge is 0.497 e. The number of ether oxygens (including phenoxy) is 1. The van der Waals surface area contributed by atoms with Gasteiger partial charge in [-0.15, -0.1) is 0 Å². The lowest BCUT2D eigenvalue weighted by Crippen LogP contribution is -1.90. The number of rotatable bonds is 3. The van der Waals surface area contributed by atoms with Crippen molar-refractivity contribution in [1.29, 1.82) is 0 Å². The number of nitrogens with zero attached hydrogens (tertiary/aromatic N) is 2. The molecule has 20 heavy (non-hydrogen) atoms. The van der Waals surface area contributed by atoms with Gasteiger partial charge in [0, 0.05) is 11.1 Å². The molecule has 3 rings (SSSR count). The summed E-state index contributed by atoms with van der Waals surface area (Å²) in [5.41, 5.74) is 4.02. The molecule has 3 nitrogen and oxygen atoms in total. The average molecular weight is 262 g/mol. The zero-order valence-electron chi connectivity index (χ0n) is 11.2. The Morgan fingerprint density at radius 1 is 0.800 bits per heavy atom. The lowest BCUT2D eigenvalue weighted by molar-refractivity contribution is 0.415. The lowest BCUT2D eigenvalue weighted by Gasteiger charge is -2.06. The van der Waals surface area contributed by atoms with Gasteiger partial charge in [0.25, 0.3) is 0 Å². The topological polar surface area (TPSA) is 35.0 Å². The fraction of sp³-hybridized carbons (Fsp3) is 0.0588. The summed E-state index contributed by atoms with van der Waals surface area (Å²) >= 11 is 0. The van der Waals surface area contributed by atoms with E-state index >= 15 is 0 Å². The van der Waals surface area contributed by atoms with Crippen LogP contribution in [0.15, 0.2) is 66.9 Å². The third-order valence-electron chi connectivity index (χ3n) is 3.13. The first-order valence-electron chi connectivity index (χ1n) is 6.39. The first kappa shape index (κ1) is 12.4. The molecule has 2 aromatic carbocycles. The smallest absolute Gasteiger partial charge is 0.119 e. The van der Waals surface area contributed by atoms with Crippen molar-refractivity contribution in [2.24, 2.45) is 0 Å². The number of methoxy groups -OCH3 is 1. The van der Waals surface area contributed by atoms with Gasteiger partial charge in [-0.1, -0.05) is 42.5 Å². The molecule has 1 heterocycles. The van der Waals surface area contributed by atoms with Crippen LogP contribution < -0.4 is 4.74 Å². The second-order valence-electron chi connectivity index (χ2n) is 4.43. The number of hydrogen-bond acceptors (Lipinski definition) is 3. The first-order chi connectivity index (χ1) is 9.86. The van der Waals surface area contributed by atoms with Crippen LogP contribution in [-0.2, 0) is 0 Å². The predicted molar refractivity (Wildman–Crippen MR) is 79.5 cm³/mol. The first-order valence-corrected chi connectivity index (χ1v) is 6.39. The van der Waals surface area contributed by atoms with E-state index in [1.54, 1.807) is 13.3 Å². The fourth-order valence-electron chi connectivity index (χ4n) is 2.08. The summed E-state index contributed by atoms with van der Waals surface area (Å²) in [6.07, 6.45) is 1.77. The summed E-state index contributed by atoms with van der Waals surface area (Å²) in [6, 6.07) is 20.0. The van der Waals surface area contributed by atoms with Crippen LogP contribution in [0.4, 0.5) is 0 Å². The Morgan fingerprint density at radius 3 is 2.40 bits per heavy atom. The Balaban J connectivity index is 2.03. The van der Waals surface area contributed by atoms with Crippen molar-refractivity contribution < 1.29 is 4.74 Å². The van der Waals surface area contributed by atoms with Crippen LogP contribution in [0.5, 0.6) is 5.75 Å². The molecule has 0 N–H and O–H groups in total. The molecule has 0 amide bonds. The minimum Gasteiger partial charge on any atom is -0.497 e. The Kier molecular flexibility index (Phi) is 3.42. The van der Waals surface area contributed by atoms with Gasteiger partial charge in [-0.25, -0.2) is 0 Å². The van der Waals surface area contributed by atoms with Crippen LogP contribution in [0.2, 0.25) is 0 Å². The highest BCUT2D eigenvalue weighted by molar-refractivity contribution is 5.70. The normalized spacial score (nSPS) is 10.2. The van der Waals surface area contributed by atoms with Crippen molar-refractivity contribution in [3.63, 3.8) is 0 Å². The summed E-state index contributed by atoms with van der Waals surface area (Å²) in [7, 11) is 1.67. The standard InChI is InChI=1S/C17H14N2O/c1-20-16-9-5-8-14(10-16)15-11-17(19-18-12-15)13-6-3-2-4-7-13/h2-12H,1H3. The molecular weight excluding hydrogens is 248 g/mol. The van der Waals surface area contributed by atoms with Gasteiger partial charge in [-0.05, 0) is 23.8 Å². The van der Waals surface area contributed by atoms with E-state index in [1.807, 2.05) is 60.7 Å². The molecule has 0 spiro atoms. The highest BCUT2D eigenvalue weighted by Gasteiger charge is 2.04. The maximum Gasteiger partial charge on any atom is 0.119 e. The van der Waals surface area contributed by atoms with E-state index in [1.165, 1.54) is 0 Å². The van der Waals surface area contributed by atoms with E-state index in [-0.39, 0.29) is 0 Å². The van der Waals surface area contributed by atoms with Crippen molar-refractivity contribution in [1.82, 2.24) is 10.2 Å². The molecule has 0 aliphatic heterocycles. The maximum atomic E-state index is 5.26. The van der Waals surface area contributed by atoms with E-state index in [4.69, 9.17) is 4.74 Å². The van der Waals surface area contributed by atoms with E-state index in [2.05, 4.69) is 10.2 Å². The molecule has 0 atom stereocenters. The highest BCUT2D eigenvalue weighted by atomic mass is 16.5. The molecule has 0 saturated heterocycles. The van der Waals surface area contributed by atoms with Gasteiger partial charge in [-0.3, -0.25) is 0 Å². The van der Waals surface area contributed by atoms with Crippen LogP contribution in [0.1, 0.15) is 0 Å². The summed E-state index contributed by atoms with van der Waals surface area (Å²) < 4.78 is 5.26. The quantitative estimate of drug-likeness (QED) is 0.719. The molecule has 1 aromatic heterocycles. The van der Waals surface area contributed by atoms with Crippen LogP contribution in [-0.4, -0.2) is 17.3 Å². The van der Waals surface area contributed by atoms with Crippen molar-refractivity contribution in [2.75, 3.05) is 7.11 Å². The predicted octanol–water partition coefficient (Wildman–Crippen LogP) is 3.82. The average Bonchev–Trinajstić information content (AvgIpc) is 2.56. The molecule has 0 radical (unpaired) electrons. The Hall–Kier alpha value is -2.68. The molecular formula is C17H14N2O. The van der Waals surface area contributed by atoms with Gasteiger partial charge >= 0.3 is 0 Å². The SMILES string of the molecule is COc1cccc(-c2cnnc(-c3ccccc3)c2)c1. The van der Waals surface area contributed by atoms with Crippen LogP contribution in [0.25, 0.3) is 22.4 Å². The Labute approximate surface area is 117 Å². The van der Waals surface area contributed by atoms with Crippen LogP contribution in [0, 0.1) is 0 Å². The number of benzene rings is 2. The number of hydrogen-bond donors (Lipinski definition) is 0. The van der Waals surface area contributed by atoms with Crippen molar-refractivity contribution in [3.05, 3.63) is 66.9 Å². The van der Waals surface area contributed by atoms with Gasteiger partial charge in [0.15, 0.2) is 0 Å². The molecule has 0 aliphatic rings. The van der Waals surface area contributed by atoms with Crippen molar-refractivity contribution in [3.8, 4) is 28.1 Å². The summed E-state index contributed by atoms with van der Waals surface area (Å²) in [6.45, 7) is 0. The molecule has 98 valence electrons. The molecule has 3 aromatic rings. The lowest BCUT2D eigenvalue weighted by atomic mass is 10.0. The van der Waals surface area contributed by atoms with Crippen LogP contribution >= 0.6 is 0 Å². The Morgan fingerprint density at radius 2 is 1.60 bits per heavy atom. The highest BCUT2D eigenvalue weighted by Crippen LogP contribution is 2.26. The van der Waals surface area contributed by atoms with E-state index in [0.717, 1.165) is 28.1 Å². The molecule has 0 bridgehead atoms. The summed E-state index contributed by atoms with van der Waals surface area (Å²) in [5, 5.41) is 8.30. The molecule has 0 unspecified atom stereocenters. The maximum absolute atomic E-state index is 5.26. The molecule has 0 saturated carbocycles. The van der Waals surface area contributed by atoms with Crippen LogP contribution in [0.3, 0.4) is 0 Å². The molecule has 0 aliphatic carbocycles. The van der Waals surface area contributed by atoms with E-state index in [9.17, 15) is 0 Å². The summed E-state index contributed by atoms with van der Waals surface area (Å²) in [4.78, 5) is 0. The number of aromatic nitrogens is 2. The summed E-state index contributed by atoms with van der Waals surface area (Å²) in [5.74, 6) is 0.834. The van der Waals surface area contributed by atoms with Gasteiger partial charge in [-0.2, -0.15) is 10.2 Å². The van der Waals surface area contributed by atoms with Gasteiger partial charge in [0.2, 0.25) is 0 Å². The third-order valence-corrected chi connectivity index (χ3v) is 3.13. The van der Waals surface area contributed by atoms with Gasteiger partial charge in [0.1, 0.15) is 5.75 Å². The third kappa shape index (κ3) is 2.52. The van der Waals surface area contributed by atoms with Crippen molar-refractivity contribution >= 4 is 0 Å². The molecule has 3 heteroatoms. The van der Waals surface area contributed by atoms with E-state index < -0.39 is 0 Å². The van der Waals surface area contributed by atoms with E-state index in [0.29, 0.717) is 0 Å². The minimum atomic E-state index is 0.834. The van der Waals surface area contributed by atoms with Gasteiger partial charge < -0.3 is 4.74 Å². The second-order valence-corrected chi connectivity index (χ2v) is 4.43. The zero-order chi connectivity index (χ0) is 13.8. The zero-order valence-corrected chi connectivity index (χ0v) is 11.2. The second kappa shape index (κ2) is 5.53.